The molecule has 0 saturated carbocycles. The maximum atomic E-state index is 12.6. The summed E-state index contributed by atoms with van der Waals surface area (Å²) in [5.41, 5.74) is 2.98. The van der Waals surface area contributed by atoms with E-state index < -0.39 is 5.91 Å². The number of nitrogens with zero attached hydrogens (tertiary/aromatic N) is 3. The summed E-state index contributed by atoms with van der Waals surface area (Å²) in [5, 5.41) is 13.8. The minimum Gasteiger partial charge on any atom is -0.351 e. The lowest BCUT2D eigenvalue weighted by Gasteiger charge is -2.15. The van der Waals surface area contributed by atoms with Crippen LogP contribution in [-0.2, 0) is 6.54 Å². The van der Waals surface area contributed by atoms with Crippen molar-refractivity contribution in [1.82, 2.24) is 20.3 Å². The molecular formula is C24H26N4O3. The first-order valence-electron chi connectivity index (χ1n) is 9.98. The molecule has 0 aliphatic rings. The highest BCUT2D eigenvalue weighted by Crippen LogP contribution is 2.21. The van der Waals surface area contributed by atoms with Gasteiger partial charge in [0.05, 0.1) is 6.54 Å². The van der Waals surface area contributed by atoms with Gasteiger partial charge in [0.15, 0.2) is 0 Å². The van der Waals surface area contributed by atoms with E-state index in [0.29, 0.717) is 17.2 Å². The number of benzene rings is 2. The Morgan fingerprint density at radius 3 is 2.45 bits per heavy atom. The van der Waals surface area contributed by atoms with Crippen molar-refractivity contribution in [1.29, 1.82) is 0 Å². The lowest BCUT2D eigenvalue weighted by atomic mass is 10.0. The molecule has 0 saturated heterocycles. The molecule has 7 heteroatoms. The van der Waals surface area contributed by atoms with E-state index in [-0.39, 0.29) is 18.1 Å². The van der Waals surface area contributed by atoms with E-state index in [9.17, 15) is 14.8 Å². The van der Waals surface area contributed by atoms with Crippen LogP contribution in [-0.4, -0.2) is 59.2 Å². The summed E-state index contributed by atoms with van der Waals surface area (Å²) in [6.45, 7) is 1.37. The molecule has 0 fully saturated rings. The summed E-state index contributed by atoms with van der Waals surface area (Å²) in [5.74, 6) is -0.748. The number of hydrogen-bond donors (Lipinski definition) is 2. The molecule has 3 rings (SSSR count). The van der Waals surface area contributed by atoms with Crippen LogP contribution in [0.4, 0.5) is 0 Å². The van der Waals surface area contributed by atoms with E-state index in [4.69, 9.17) is 0 Å². The number of hydrogen-bond acceptors (Lipinski definition) is 5. The first kappa shape index (κ1) is 22.1. The first-order chi connectivity index (χ1) is 14.9. The van der Waals surface area contributed by atoms with Crippen molar-refractivity contribution in [2.45, 2.75) is 6.54 Å². The van der Waals surface area contributed by atoms with Crippen LogP contribution in [0, 0.1) is 0 Å². The highest BCUT2D eigenvalue weighted by molar-refractivity contribution is 5.96. The predicted octanol–water partition coefficient (Wildman–Crippen LogP) is 3.07. The zero-order valence-corrected chi connectivity index (χ0v) is 17.7. The fraction of sp³-hybridized carbons (Fsp3) is 0.208. The van der Waals surface area contributed by atoms with Crippen molar-refractivity contribution in [2.24, 2.45) is 0 Å². The summed E-state index contributed by atoms with van der Waals surface area (Å²) in [4.78, 5) is 31.1. The second-order valence-electron chi connectivity index (χ2n) is 7.42. The number of amides is 2. The highest BCUT2D eigenvalue weighted by Gasteiger charge is 2.16. The molecule has 0 aliphatic carbocycles. The zero-order chi connectivity index (χ0) is 22.2. The molecule has 0 unspecified atom stereocenters. The Labute approximate surface area is 181 Å². The van der Waals surface area contributed by atoms with Crippen LogP contribution >= 0.6 is 0 Å². The van der Waals surface area contributed by atoms with Gasteiger partial charge in [0.1, 0.15) is 5.69 Å². The second-order valence-corrected chi connectivity index (χ2v) is 7.42. The summed E-state index contributed by atoms with van der Waals surface area (Å²) in [7, 11) is 3.89. The second kappa shape index (κ2) is 10.5. The highest BCUT2D eigenvalue weighted by atomic mass is 16.5. The number of carbonyl (C=O) groups excluding carboxylic acids is 2. The smallest absolute Gasteiger partial charge is 0.296 e. The van der Waals surface area contributed by atoms with E-state index in [1.807, 2.05) is 55.4 Å². The van der Waals surface area contributed by atoms with Gasteiger partial charge in [0.2, 0.25) is 0 Å². The normalized spacial score (nSPS) is 10.7. The monoisotopic (exact) mass is 418 g/mol. The van der Waals surface area contributed by atoms with Crippen molar-refractivity contribution < 1.29 is 14.8 Å². The Balaban J connectivity index is 1.73. The quantitative estimate of drug-likeness (QED) is 0.434. The van der Waals surface area contributed by atoms with E-state index in [1.54, 1.807) is 30.3 Å². The van der Waals surface area contributed by atoms with Crippen LogP contribution in [0.5, 0.6) is 0 Å². The minimum absolute atomic E-state index is 0.0637. The largest absolute Gasteiger partial charge is 0.351 e. The summed E-state index contributed by atoms with van der Waals surface area (Å²) in [6.07, 6.45) is 1.52. The van der Waals surface area contributed by atoms with Crippen LogP contribution in [0.1, 0.15) is 26.4 Å². The zero-order valence-electron chi connectivity index (χ0n) is 17.7. The number of aromatic nitrogens is 1. The van der Waals surface area contributed by atoms with E-state index >= 15 is 0 Å². The molecule has 0 spiro atoms. The third-order valence-electron chi connectivity index (χ3n) is 4.69. The number of likely N-dealkylation sites (N-methyl/N-ethyl adjacent to an activating group) is 1. The van der Waals surface area contributed by atoms with Crippen molar-refractivity contribution in [3.8, 4) is 11.1 Å². The van der Waals surface area contributed by atoms with Gasteiger partial charge >= 0.3 is 0 Å². The lowest BCUT2D eigenvalue weighted by molar-refractivity contribution is -0.0652. The third-order valence-corrected chi connectivity index (χ3v) is 4.69. The summed E-state index contributed by atoms with van der Waals surface area (Å²) < 4.78 is 0. The molecule has 3 aromatic rings. The van der Waals surface area contributed by atoms with Gasteiger partial charge in [-0.3, -0.25) is 19.8 Å². The average Bonchev–Trinajstić information content (AvgIpc) is 2.79. The number of carbonyl (C=O) groups is 2. The maximum absolute atomic E-state index is 12.6. The standard InChI is InChI=1S/C24H26N4O3/c1-27(2)14-13-26-23(29)21-10-6-9-19(15-21)20-11-12-25-22(16-20)24(30)28(31)17-18-7-4-3-5-8-18/h3-12,15-16,31H,13-14,17H2,1-2H3,(H,26,29). The molecule has 2 N–H and O–H groups in total. The van der Waals surface area contributed by atoms with Gasteiger partial charge in [-0.15, -0.1) is 0 Å². The topological polar surface area (TPSA) is 85.8 Å². The van der Waals surface area contributed by atoms with Crippen molar-refractivity contribution in [3.05, 3.63) is 89.7 Å². The minimum atomic E-state index is -0.594. The van der Waals surface area contributed by atoms with Gasteiger partial charge in [0.25, 0.3) is 11.8 Å². The fourth-order valence-electron chi connectivity index (χ4n) is 3.02. The van der Waals surface area contributed by atoms with E-state index in [2.05, 4.69) is 10.3 Å². The SMILES string of the molecule is CN(C)CCNC(=O)c1cccc(-c2ccnc(C(=O)N(O)Cc3ccccc3)c2)c1. The summed E-state index contributed by atoms with van der Waals surface area (Å²) in [6, 6.07) is 19.8. The molecular weight excluding hydrogens is 392 g/mol. The van der Waals surface area contributed by atoms with E-state index in [1.165, 1.54) is 6.20 Å². The number of nitrogens with one attached hydrogen (secondary N) is 1. The average molecular weight is 418 g/mol. The van der Waals surface area contributed by atoms with Crippen molar-refractivity contribution in [3.63, 3.8) is 0 Å². The van der Waals surface area contributed by atoms with Crippen LogP contribution in [0.15, 0.2) is 72.9 Å². The Bertz CT molecular complexity index is 1040. The van der Waals surface area contributed by atoms with Crippen LogP contribution in [0.2, 0.25) is 0 Å². The Morgan fingerprint density at radius 2 is 1.71 bits per heavy atom. The molecule has 160 valence electrons. The molecule has 1 aromatic heterocycles. The first-order valence-corrected chi connectivity index (χ1v) is 9.98. The van der Waals surface area contributed by atoms with Crippen LogP contribution in [0.25, 0.3) is 11.1 Å². The molecule has 31 heavy (non-hydrogen) atoms. The molecule has 2 aromatic carbocycles. The molecule has 1 heterocycles. The number of rotatable bonds is 8. The van der Waals surface area contributed by atoms with Gasteiger partial charge in [-0.1, -0.05) is 42.5 Å². The molecule has 2 amide bonds. The van der Waals surface area contributed by atoms with Gasteiger partial charge < -0.3 is 10.2 Å². The van der Waals surface area contributed by atoms with Crippen LogP contribution < -0.4 is 5.32 Å². The van der Waals surface area contributed by atoms with Crippen molar-refractivity contribution >= 4 is 11.8 Å². The van der Waals surface area contributed by atoms with Gasteiger partial charge in [-0.25, -0.2) is 5.06 Å². The Morgan fingerprint density at radius 1 is 0.968 bits per heavy atom. The molecule has 0 radical (unpaired) electrons. The van der Waals surface area contributed by atoms with Gasteiger partial charge in [-0.05, 0) is 55.1 Å². The predicted molar refractivity (Wildman–Crippen MR) is 119 cm³/mol. The maximum Gasteiger partial charge on any atom is 0.296 e. The van der Waals surface area contributed by atoms with E-state index in [0.717, 1.165) is 23.2 Å². The number of hydroxylamine groups is 2. The molecule has 7 nitrogen and oxygen atoms in total. The van der Waals surface area contributed by atoms with Gasteiger partial charge in [0, 0.05) is 24.8 Å². The molecule has 0 aliphatic heterocycles. The Hall–Kier alpha value is -3.55. The van der Waals surface area contributed by atoms with Crippen LogP contribution in [0.3, 0.4) is 0 Å². The fourth-order valence-corrected chi connectivity index (χ4v) is 3.02. The molecule has 0 atom stereocenters. The Kier molecular flexibility index (Phi) is 7.48. The lowest BCUT2D eigenvalue weighted by Crippen LogP contribution is -2.31. The number of pyridine rings is 1. The van der Waals surface area contributed by atoms with Gasteiger partial charge in [-0.2, -0.15) is 0 Å². The molecule has 0 bridgehead atoms. The van der Waals surface area contributed by atoms with Crippen molar-refractivity contribution in [2.75, 3.05) is 27.2 Å². The summed E-state index contributed by atoms with van der Waals surface area (Å²) >= 11 is 0. The third kappa shape index (κ3) is 6.21.